The highest BCUT2D eigenvalue weighted by Gasteiger charge is 2.00. The molecule has 0 bridgehead atoms. The number of likely N-dealkylation sites (N-methyl/N-ethyl adjacent to an activating group) is 1. The average Bonchev–Trinajstić information content (AvgIpc) is 2.03. The van der Waals surface area contributed by atoms with Crippen LogP contribution in [0.4, 0.5) is 0 Å². The van der Waals surface area contributed by atoms with Crippen LogP contribution < -0.4 is 5.32 Å². The number of hydrogen-bond acceptors (Lipinski definition) is 1. The molecule has 13 heavy (non-hydrogen) atoms. The van der Waals surface area contributed by atoms with Gasteiger partial charge in [0, 0.05) is 12.7 Å². The third kappa shape index (κ3) is 4.56. The molecule has 0 saturated carbocycles. The quantitative estimate of drug-likeness (QED) is 0.653. The lowest BCUT2D eigenvalue weighted by atomic mass is 9.98. The van der Waals surface area contributed by atoms with Crippen LogP contribution in [0.3, 0.4) is 0 Å². The molecule has 0 radical (unpaired) electrons. The lowest BCUT2D eigenvalue weighted by Crippen LogP contribution is -2.01. The van der Waals surface area contributed by atoms with Gasteiger partial charge in [0.25, 0.3) is 0 Å². The molecule has 0 aromatic rings. The molecule has 0 heterocycles. The monoisotopic (exact) mass is 179 g/mol. The fraction of sp³-hybridized carbons (Fsp3) is 0.500. The summed E-state index contributed by atoms with van der Waals surface area (Å²) in [6.45, 7) is 12.5. The van der Waals surface area contributed by atoms with Gasteiger partial charge in [0.15, 0.2) is 0 Å². The molecule has 0 rings (SSSR count). The predicted octanol–water partition coefficient (Wildman–Crippen LogP) is 3.27. The zero-order valence-electron chi connectivity index (χ0n) is 9.44. The first-order chi connectivity index (χ1) is 5.99. The molecule has 0 amide bonds. The summed E-state index contributed by atoms with van der Waals surface area (Å²) in [5.74, 6) is 0.575. The molecule has 0 atom stereocenters. The number of hydrogen-bond donors (Lipinski definition) is 1. The van der Waals surface area contributed by atoms with Gasteiger partial charge in [0.2, 0.25) is 0 Å². The molecule has 0 aliphatic heterocycles. The Hall–Kier alpha value is -0.980. The second-order valence-electron chi connectivity index (χ2n) is 3.72. The third-order valence-electron chi connectivity index (χ3n) is 1.98. The summed E-state index contributed by atoms with van der Waals surface area (Å²) in [6, 6.07) is 0. The van der Waals surface area contributed by atoms with Gasteiger partial charge < -0.3 is 5.32 Å². The van der Waals surface area contributed by atoms with Crippen LogP contribution in [0.1, 0.15) is 27.7 Å². The van der Waals surface area contributed by atoms with E-state index in [1.165, 1.54) is 11.1 Å². The Morgan fingerprint density at radius 3 is 2.08 bits per heavy atom. The van der Waals surface area contributed by atoms with Crippen molar-refractivity contribution in [1.29, 1.82) is 0 Å². The van der Waals surface area contributed by atoms with E-state index >= 15 is 0 Å². The maximum absolute atomic E-state index is 3.84. The summed E-state index contributed by atoms with van der Waals surface area (Å²) in [4.78, 5) is 0. The topological polar surface area (TPSA) is 12.0 Å². The Bertz CT molecular complexity index is 228. The molecule has 74 valence electrons. The zero-order chi connectivity index (χ0) is 10.4. The number of rotatable bonds is 4. The third-order valence-corrected chi connectivity index (χ3v) is 1.98. The van der Waals surface area contributed by atoms with Crippen LogP contribution in [-0.4, -0.2) is 7.05 Å². The van der Waals surface area contributed by atoms with E-state index in [-0.39, 0.29) is 0 Å². The van der Waals surface area contributed by atoms with Gasteiger partial charge in [-0.15, -0.1) is 0 Å². The summed E-state index contributed by atoms with van der Waals surface area (Å²) < 4.78 is 0. The largest absolute Gasteiger partial charge is 0.389 e. The molecule has 0 aliphatic carbocycles. The van der Waals surface area contributed by atoms with E-state index in [0.717, 1.165) is 5.70 Å². The Balaban J connectivity index is 4.56. The fourth-order valence-electron chi connectivity index (χ4n) is 1.21. The SMILES string of the molecule is C=C(/C=C\C(=C(C)C)C(C)C)NC. The van der Waals surface area contributed by atoms with Crippen molar-refractivity contribution in [1.82, 2.24) is 5.32 Å². The Labute approximate surface area is 82.2 Å². The molecule has 1 heteroatoms. The second-order valence-corrected chi connectivity index (χ2v) is 3.72. The van der Waals surface area contributed by atoms with Crippen LogP contribution in [0.5, 0.6) is 0 Å². The van der Waals surface area contributed by atoms with Gasteiger partial charge in [-0.3, -0.25) is 0 Å². The van der Waals surface area contributed by atoms with Gasteiger partial charge in [-0.2, -0.15) is 0 Å². The van der Waals surface area contributed by atoms with E-state index in [1.807, 2.05) is 13.1 Å². The normalized spacial score (nSPS) is 10.6. The maximum atomic E-state index is 3.84. The van der Waals surface area contributed by atoms with Gasteiger partial charge in [-0.1, -0.05) is 32.1 Å². The van der Waals surface area contributed by atoms with Crippen LogP contribution >= 0.6 is 0 Å². The standard InChI is InChI=1S/C12H21N/c1-9(2)12(10(3)4)8-7-11(5)13-6/h7-9,13H,5H2,1-4,6H3/b8-7-. The molecular formula is C12H21N. The lowest BCUT2D eigenvalue weighted by molar-refractivity contribution is 0.779. The minimum Gasteiger partial charge on any atom is -0.389 e. The van der Waals surface area contributed by atoms with Crippen molar-refractivity contribution >= 4 is 0 Å². The Morgan fingerprint density at radius 2 is 1.77 bits per heavy atom. The van der Waals surface area contributed by atoms with Gasteiger partial charge in [-0.05, 0) is 31.4 Å². The fourth-order valence-corrected chi connectivity index (χ4v) is 1.21. The Morgan fingerprint density at radius 1 is 1.23 bits per heavy atom. The van der Waals surface area contributed by atoms with Gasteiger partial charge in [0.05, 0.1) is 0 Å². The molecule has 0 aromatic carbocycles. The summed E-state index contributed by atoms with van der Waals surface area (Å²) in [5.41, 5.74) is 3.70. The summed E-state index contributed by atoms with van der Waals surface area (Å²) in [5, 5.41) is 2.99. The van der Waals surface area contributed by atoms with Crippen LogP contribution in [0.15, 0.2) is 35.6 Å². The highest BCUT2D eigenvalue weighted by atomic mass is 14.8. The van der Waals surface area contributed by atoms with Crippen LogP contribution in [0, 0.1) is 5.92 Å². The second kappa shape index (κ2) is 5.63. The van der Waals surface area contributed by atoms with Crippen LogP contribution in [0.2, 0.25) is 0 Å². The molecule has 0 aromatic heterocycles. The van der Waals surface area contributed by atoms with Crippen molar-refractivity contribution in [2.75, 3.05) is 7.05 Å². The minimum absolute atomic E-state index is 0.575. The van der Waals surface area contributed by atoms with E-state index < -0.39 is 0 Å². The lowest BCUT2D eigenvalue weighted by Gasteiger charge is -2.09. The van der Waals surface area contributed by atoms with Gasteiger partial charge >= 0.3 is 0 Å². The summed E-state index contributed by atoms with van der Waals surface area (Å²) in [7, 11) is 1.88. The van der Waals surface area contributed by atoms with E-state index in [2.05, 4.69) is 45.7 Å². The van der Waals surface area contributed by atoms with E-state index in [1.54, 1.807) is 0 Å². The maximum Gasteiger partial charge on any atom is 0.0264 e. The summed E-state index contributed by atoms with van der Waals surface area (Å²) in [6.07, 6.45) is 4.15. The molecule has 0 fully saturated rings. The first kappa shape index (κ1) is 12.0. The molecule has 1 nitrogen and oxygen atoms in total. The van der Waals surface area contributed by atoms with E-state index in [4.69, 9.17) is 0 Å². The summed E-state index contributed by atoms with van der Waals surface area (Å²) >= 11 is 0. The molecule has 0 saturated heterocycles. The predicted molar refractivity (Wildman–Crippen MR) is 60.6 cm³/mol. The minimum atomic E-state index is 0.575. The zero-order valence-corrected chi connectivity index (χ0v) is 9.44. The average molecular weight is 179 g/mol. The first-order valence-electron chi connectivity index (χ1n) is 4.71. The number of allylic oxidation sites excluding steroid dienone is 4. The highest BCUT2D eigenvalue weighted by molar-refractivity contribution is 5.29. The van der Waals surface area contributed by atoms with Gasteiger partial charge in [0.1, 0.15) is 0 Å². The number of nitrogens with one attached hydrogen (secondary N) is 1. The smallest absolute Gasteiger partial charge is 0.0264 e. The molecule has 0 aliphatic rings. The molecule has 0 spiro atoms. The van der Waals surface area contributed by atoms with Crippen molar-refractivity contribution in [2.24, 2.45) is 5.92 Å². The molecule has 0 unspecified atom stereocenters. The first-order valence-corrected chi connectivity index (χ1v) is 4.71. The van der Waals surface area contributed by atoms with Crippen molar-refractivity contribution in [2.45, 2.75) is 27.7 Å². The molecular weight excluding hydrogens is 158 g/mol. The van der Waals surface area contributed by atoms with E-state index in [0.29, 0.717) is 5.92 Å². The highest BCUT2D eigenvalue weighted by Crippen LogP contribution is 2.16. The van der Waals surface area contributed by atoms with Crippen LogP contribution in [0.25, 0.3) is 0 Å². The van der Waals surface area contributed by atoms with Crippen LogP contribution in [-0.2, 0) is 0 Å². The Kier molecular flexibility index (Phi) is 5.20. The molecule has 1 N–H and O–H groups in total. The van der Waals surface area contributed by atoms with Crippen molar-refractivity contribution < 1.29 is 0 Å². The van der Waals surface area contributed by atoms with Crippen molar-refractivity contribution in [3.63, 3.8) is 0 Å². The van der Waals surface area contributed by atoms with Gasteiger partial charge in [-0.25, -0.2) is 0 Å². The van der Waals surface area contributed by atoms with Crippen molar-refractivity contribution in [3.8, 4) is 0 Å². The van der Waals surface area contributed by atoms with Crippen molar-refractivity contribution in [3.05, 3.63) is 35.6 Å². The van der Waals surface area contributed by atoms with E-state index in [9.17, 15) is 0 Å².